The van der Waals surface area contributed by atoms with Gasteiger partial charge in [0.2, 0.25) is 5.82 Å². The fraction of sp³-hybridized carbons (Fsp3) is 0.389. The van der Waals surface area contributed by atoms with Crippen molar-refractivity contribution in [3.05, 3.63) is 53.6 Å². The van der Waals surface area contributed by atoms with E-state index in [1.807, 2.05) is 12.1 Å². The molecule has 1 N–H and O–H groups in total. The van der Waals surface area contributed by atoms with Crippen molar-refractivity contribution in [3.63, 3.8) is 0 Å². The maximum Gasteiger partial charge on any atom is 0.299 e. The van der Waals surface area contributed by atoms with Crippen LogP contribution in [0.2, 0.25) is 0 Å². The number of hydrogen-bond acceptors (Lipinski definition) is 4. The molecule has 1 aliphatic carbocycles. The first-order valence-corrected chi connectivity index (χ1v) is 8.58. The fourth-order valence-electron chi connectivity index (χ4n) is 3.72. The molecule has 1 saturated carbocycles. The van der Waals surface area contributed by atoms with E-state index in [2.05, 4.69) is 20.6 Å². The van der Waals surface area contributed by atoms with E-state index in [0.29, 0.717) is 12.4 Å². The number of nitrogens with zero attached hydrogens (tertiary/aromatic N) is 4. The van der Waals surface area contributed by atoms with Gasteiger partial charge in [-0.2, -0.15) is 4.52 Å². The van der Waals surface area contributed by atoms with Crippen LogP contribution < -0.4 is 5.32 Å². The van der Waals surface area contributed by atoms with Gasteiger partial charge in [0.15, 0.2) is 5.65 Å². The lowest BCUT2D eigenvalue weighted by atomic mass is 9.79. The predicted octanol–water partition coefficient (Wildman–Crippen LogP) is 4.12. The quantitative estimate of drug-likeness (QED) is 0.743. The lowest BCUT2D eigenvalue weighted by Crippen LogP contribution is -2.31. The lowest BCUT2D eigenvalue weighted by Gasteiger charge is -2.30. The first-order valence-electron chi connectivity index (χ1n) is 8.58. The Morgan fingerprint density at radius 1 is 1.04 bits per heavy atom. The number of alkyl halides is 2. The number of anilines is 1. The minimum atomic E-state index is -2.74. The first kappa shape index (κ1) is 16.8. The highest BCUT2D eigenvalue weighted by atomic mass is 19.3. The average molecular weight is 361 g/mol. The van der Waals surface area contributed by atoms with Gasteiger partial charge in [0, 0.05) is 12.0 Å². The van der Waals surface area contributed by atoms with E-state index >= 15 is 0 Å². The normalized spacial score (nSPS) is 16.5. The molecule has 0 spiro atoms. The second-order valence-electron chi connectivity index (χ2n) is 6.70. The summed E-state index contributed by atoms with van der Waals surface area (Å²) in [6.07, 6.45) is 1.44. The molecule has 2 heterocycles. The summed E-state index contributed by atoms with van der Waals surface area (Å²) in [5.41, 5.74) is 1.26. The van der Waals surface area contributed by atoms with Gasteiger partial charge in [-0.3, -0.25) is 0 Å². The van der Waals surface area contributed by atoms with E-state index in [-0.39, 0.29) is 16.9 Å². The number of benzene rings is 1. The fourth-order valence-corrected chi connectivity index (χ4v) is 3.72. The molecule has 0 atom stereocenters. The first-order chi connectivity index (χ1) is 12.6. The van der Waals surface area contributed by atoms with Gasteiger partial charge in [0.05, 0.1) is 0 Å². The van der Waals surface area contributed by atoms with Crippen molar-refractivity contribution in [3.8, 4) is 0 Å². The average Bonchev–Trinajstić information content (AvgIpc) is 3.28. The third-order valence-electron chi connectivity index (χ3n) is 5.11. The van der Waals surface area contributed by atoms with Crippen LogP contribution in [0.5, 0.6) is 0 Å². The molecule has 26 heavy (non-hydrogen) atoms. The number of fused-ring (bicyclic) bond motifs is 1. The molecule has 8 heteroatoms. The number of rotatable bonds is 5. The summed E-state index contributed by atoms with van der Waals surface area (Å²) < 4.78 is 40.3. The summed E-state index contributed by atoms with van der Waals surface area (Å²) in [5, 5.41) is 14.6. The molecule has 0 bridgehead atoms. The highest BCUT2D eigenvalue weighted by Crippen LogP contribution is 2.41. The van der Waals surface area contributed by atoms with E-state index < -0.39 is 12.2 Å². The van der Waals surface area contributed by atoms with Crippen LogP contribution in [0.1, 0.15) is 43.5 Å². The third-order valence-corrected chi connectivity index (χ3v) is 5.11. The summed E-state index contributed by atoms with van der Waals surface area (Å²) in [6, 6.07) is 9.92. The predicted molar refractivity (Wildman–Crippen MR) is 90.8 cm³/mol. The molecule has 5 nitrogen and oxygen atoms in total. The largest absolute Gasteiger partial charge is 0.368 e. The minimum absolute atomic E-state index is 0.108. The molecule has 0 unspecified atom stereocenters. The molecule has 4 rings (SSSR count). The molecule has 0 saturated heterocycles. The maximum atomic E-state index is 13.3. The van der Waals surface area contributed by atoms with Gasteiger partial charge in [-0.15, -0.1) is 15.3 Å². The highest BCUT2D eigenvalue weighted by molar-refractivity contribution is 5.45. The molecule has 1 aliphatic rings. The molecule has 1 fully saturated rings. The Kier molecular flexibility index (Phi) is 4.26. The van der Waals surface area contributed by atoms with E-state index in [1.165, 1.54) is 12.1 Å². The van der Waals surface area contributed by atoms with E-state index in [0.717, 1.165) is 35.8 Å². The van der Waals surface area contributed by atoms with Crippen LogP contribution >= 0.6 is 0 Å². The van der Waals surface area contributed by atoms with Crippen LogP contribution in [-0.2, 0) is 5.41 Å². The third kappa shape index (κ3) is 3.00. The van der Waals surface area contributed by atoms with Crippen LogP contribution in [0, 0.1) is 5.82 Å². The zero-order chi connectivity index (χ0) is 18.1. The van der Waals surface area contributed by atoms with Crippen LogP contribution in [-0.4, -0.2) is 26.4 Å². The Labute approximate surface area is 148 Å². The second-order valence-corrected chi connectivity index (χ2v) is 6.70. The van der Waals surface area contributed by atoms with Gasteiger partial charge in [0.25, 0.3) is 6.43 Å². The van der Waals surface area contributed by atoms with Gasteiger partial charge in [-0.25, -0.2) is 13.2 Å². The standard InChI is InChI=1S/C18H18F3N5/c19-13-5-3-12(4-6-13)18(9-1-2-10-18)11-22-14-7-8-15-23-24-17(16(20)21)26(15)25-14/h3-8,16H,1-2,9-11H2,(H,22,25). The Hall–Kier alpha value is -2.64. The molecule has 136 valence electrons. The zero-order valence-electron chi connectivity index (χ0n) is 14.0. The van der Waals surface area contributed by atoms with Crippen molar-refractivity contribution in [2.75, 3.05) is 11.9 Å². The van der Waals surface area contributed by atoms with Crippen LogP contribution in [0.15, 0.2) is 36.4 Å². The van der Waals surface area contributed by atoms with Crippen molar-refractivity contribution < 1.29 is 13.2 Å². The van der Waals surface area contributed by atoms with Gasteiger partial charge >= 0.3 is 0 Å². The Morgan fingerprint density at radius 3 is 2.46 bits per heavy atom. The van der Waals surface area contributed by atoms with Gasteiger partial charge in [-0.05, 0) is 42.7 Å². The zero-order valence-corrected chi connectivity index (χ0v) is 14.0. The van der Waals surface area contributed by atoms with Crippen molar-refractivity contribution in [1.29, 1.82) is 0 Å². The monoisotopic (exact) mass is 361 g/mol. The summed E-state index contributed by atoms with van der Waals surface area (Å²) in [6.45, 7) is 0.600. The number of hydrogen-bond donors (Lipinski definition) is 1. The van der Waals surface area contributed by atoms with Crippen molar-refractivity contribution >= 4 is 11.5 Å². The minimum Gasteiger partial charge on any atom is -0.368 e. The van der Waals surface area contributed by atoms with E-state index in [4.69, 9.17) is 0 Å². The summed E-state index contributed by atoms with van der Waals surface area (Å²) in [4.78, 5) is 0. The van der Waals surface area contributed by atoms with E-state index in [1.54, 1.807) is 12.1 Å². The Morgan fingerprint density at radius 2 is 1.77 bits per heavy atom. The van der Waals surface area contributed by atoms with Crippen molar-refractivity contribution in [2.24, 2.45) is 0 Å². The molecule has 3 aromatic rings. The smallest absolute Gasteiger partial charge is 0.299 e. The Bertz CT molecular complexity index is 901. The highest BCUT2D eigenvalue weighted by Gasteiger charge is 2.35. The molecule has 0 amide bonds. The van der Waals surface area contributed by atoms with E-state index in [9.17, 15) is 13.2 Å². The summed E-state index contributed by atoms with van der Waals surface area (Å²) in [7, 11) is 0. The molecular formula is C18H18F3N5. The Balaban J connectivity index is 1.59. The molecule has 2 aromatic heterocycles. The number of aromatic nitrogens is 4. The topological polar surface area (TPSA) is 55.1 Å². The van der Waals surface area contributed by atoms with Crippen LogP contribution in [0.25, 0.3) is 5.65 Å². The second kappa shape index (κ2) is 6.59. The van der Waals surface area contributed by atoms with Crippen LogP contribution in [0.4, 0.5) is 19.0 Å². The van der Waals surface area contributed by atoms with Crippen LogP contribution in [0.3, 0.4) is 0 Å². The SMILES string of the molecule is Fc1ccc(C2(CNc3ccc4nnc(C(F)F)n4n3)CCCC2)cc1. The number of halogens is 3. The molecular weight excluding hydrogens is 343 g/mol. The summed E-state index contributed by atoms with van der Waals surface area (Å²) >= 11 is 0. The van der Waals surface area contributed by atoms with Gasteiger partial charge in [-0.1, -0.05) is 25.0 Å². The van der Waals surface area contributed by atoms with Gasteiger partial charge < -0.3 is 5.32 Å². The van der Waals surface area contributed by atoms with Crippen molar-refractivity contribution in [1.82, 2.24) is 19.8 Å². The molecule has 0 radical (unpaired) electrons. The van der Waals surface area contributed by atoms with Crippen molar-refractivity contribution in [2.45, 2.75) is 37.5 Å². The number of nitrogens with one attached hydrogen (secondary N) is 1. The lowest BCUT2D eigenvalue weighted by molar-refractivity contribution is 0.137. The molecule has 1 aromatic carbocycles. The molecule has 0 aliphatic heterocycles. The maximum absolute atomic E-state index is 13.3. The van der Waals surface area contributed by atoms with Gasteiger partial charge in [0.1, 0.15) is 11.6 Å². The summed E-state index contributed by atoms with van der Waals surface area (Å²) in [5.74, 6) is -0.250.